The van der Waals surface area contributed by atoms with Crippen LogP contribution in [-0.2, 0) is 11.2 Å². The van der Waals surface area contributed by atoms with Gasteiger partial charge in [0.1, 0.15) is 5.82 Å². The first-order valence-electron chi connectivity index (χ1n) is 10.8. The van der Waals surface area contributed by atoms with Gasteiger partial charge in [-0.1, -0.05) is 36.6 Å². The largest absolute Gasteiger partial charge is 0.478 e. The molecule has 0 bridgehead atoms. The van der Waals surface area contributed by atoms with Crippen molar-refractivity contribution in [2.24, 2.45) is 23.7 Å². The standard InChI is InChI=1S/C24H32ClFO2/c25-22-15-10-19(16-23(22)26)5-4-18-8-13-21(14-9-18)20-11-6-17(7-12-20)2-1-3-24(27)28/h1,3,10,15-18,20-21H,2,4-9,11-14H2,(H,27,28)/b3-1+/t17-,18-,20-,21-. The highest BCUT2D eigenvalue weighted by Crippen LogP contribution is 2.42. The molecule has 0 atom stereocenters. The predicted octanol–water partition coefficient (Wildman–Crippen LogP) is 7.06. The number of aryl methyl sites for hydroxylation is 1. The second kappa shape index (κ2) is 10.4. The lowest BCUT2D eigenvalue weighted by molar-refractivity contribution is -0.131. The van der Waals surface area contributed by atoms with Crippen LogP contribution in [0.1, 0.15) is 69.8 Å². The molecule has 2 saturated carbocycles. The summed E-state index contributed by atoms with van der Waals surface area (Å²) in [7, 11) is 0. The highest BCUT2D eigenvalue weighted by atomic mass is 35.5. The zero-order valence-corrected chi connectivity index (χ0v) is 17.3. The van der Waals surface area contributed by atoms with E-state index in [1.54, 1.807) is 12.1 Å². The van der Waals surface area contributed by atoms with Gasteiger partial charge in [0, 0.05) is 6.08 Å². The summed E-state index contributed by atoms with van der Waals surface area (Å²) >= 11 is 5.76. The molecule has 0 aliphatic heterocycles. The maximum Gasteiger partial charge on any atom is 0.327 e. The molecule has 0 spiro atoms. The van der Waals surface area contributed by atoms with Crippen molar-refractivity contribution in [3.63, 3.8) is 0 Å². The van der Waals surface area contributed by atoms with Crippen LogP contribution >= 0.6 is 11.6 Å². The summed E-state index contributed by atoms with van der Waals surface area (Å²) in [6, 6.07) is 5.19. The summed E-state index contributed by atoms with van der Waals surface area (Å²) < 4.78 is 13.6. The number of carboxylic acid groups (broad SMARTS) is 1. The number of hydrogen-bond donors (Lipinski definition) is 1. The fraction of sp³-hybridized carbons (Fsp3) is 0.625. The van der Waals surface area contributed by atoms with E-state index < -0.39 is 5.97 Å². The summed E-state index contributed by atoms with van der Waals surface area (Å²) in [5, 5.41) is 8.90. The number of allylic oxidation sites excluding steroid dienone is 1. The van der Waals surface area contributed by atoms with E-state index in [1.807, 2.05) is 12.1 Å². The molecule has 1 aromatic rings. The van der Waals surface area contributed by atoms with Crippen molar-refractivity contribution in [3.05, 3.63) is 46.8 Å². The third-order valence-electron chi connectivity index (χ3n) is 7.00. The Balaban J connectivity index is 1.35. The lowest BCUT2D eigenvalue weighted by Gasteiger charge is -2.37. The normalized spacial score (nSPS) is 28.5. The van der Waals surface area contributed by atoms with Crippen molar-refractivity contribution in [1.82, 2.24) is 0 Å². The lowest BCUT2D eigenvalue weighted by Crippen LogP contribution is -2.26. The average Bonchev–Trinajstić information content (AvgIpc) is 2.70. The van der Waals surface area contributed by atoms with Gasteiger partial charge < -0.3 is 5.11 Å². The summed E-state index contributed by atoms with van der Waals surface area (Å²) in [5.74, 6) is 2.03. The average molecular weight is 407 g/mol. The van der Waals surface area contributed by atoms with Crippen LogP contribution in [0.15, 0.2) is 30.4 Å². The Hall–Kier alpha value is -1.35. The second-order valence-electron chi connectivity index (χ2n) is 8.83. The van der Waals surface area contributed by atoms with Gasteiger partial charge >= 0.3 is 5.97 Å². The molecule has 0 heterocycles. The van der Waals surface area contributed by atoms with Gasteiger partial charge in [0.25, 0.3) is 0 Å². The van der Waals surface area contributed by atoms with E-state index >= 15 is 0 Å². The van der Waals surface area contributed by atoms with Crippen LogP contribution in [0, 0.1) is 29.5 Å². The summed E-state index contributed by atoms with van der Waals surface area (Å²) in [4.78, 5) is 10.6. The molecular weight excluding hydrogens is 375 g/mol. The van der Waals surface area contributed by atoms with E-state index in [4.69, 9.17) is 16.7 Å². The number of carbonyl (C=O) groups is 1. The van der Waals surface area contributed by atoms with Crippen LogP contribution in [0.2, 0.25) is 5.02 Å². The van der Waals surface area contributed by atoms with Gasteiger partial charge in [-0.05, 0) is 99.2 Å². The maximum atomic E-state index is 13.6. The topological polar surface area (TPSA) is 37.3 Å². The molecule has 0 amide bonds. The maximum absolute atomic E-state index is 13.6. The van der Waals surface area contributed by atoms with Crippen molar-refractivity contribution < 1.29 is 14.3 Å². The fourth-order valence-electron chi connectivity index (χ4n) is 5.27. The van der Waals surface area contributed by atoms with Crippen LogP contribution in [0.25, 0.3) is 0 Å². The monoisotopic (exact) mass is 406 g/mol. The Morgan fingerprint density at radius 2 is 1.64 bits per heavy atom. The quantitative estimate of drug-likeness (QED) is 0.492. The van der Waals surface area contributed by atoms with E-state index in [0.29, 0.717) is 5.92 Å². The molecule has 4 heteroatoms. The predicted molar refractivity (Wildman–Crippen MR) is 112 cm³/mol. The molecule has 2 nitrogen and oxygen atoms in total. The molecule has 0 radical (unpaired) electrons. The van der Waals surface area contributed by atoms with Crippen LogP contribution in [-0.4, -0.2) is 11.1 Å². The number of halogens is 2. The second-order valence-corrected chi connectivity index (χ2v) is 9.23. The first kappa shape index (κ1) is 21.4. The Morgan fingerprint density at radius 3 is 2.21 bits per heavy atom. The zero-order valence-electron chi connectivity index (χ0n) is 16.6. The molecule has 2 aliphatic rings. The third kappa shape index (κ3) is 6.34. The SMILES string of the molecule is O=C(O)/C=C/C[C@H]1CC[C@H]([C@H]2CC[C@H](CCc3ccc(Cl)c(F)c3)CC2)CC1. The minimum absolute atomic E-state index is 0.205. The third-order valence-corrected chi connectivity index (χ3v) is 7.31. The smallest absolute Gasteiger partial charge is 0.327 e. The minimum atomic E-state index is -0.841. The molecule has 2 aliphatic carbocycles. The van der Waals surface area contributed by atoms with E-state index in [1.165, 1.54) is 57.4 Å². The van der Waals surface area contributed by atoms with Crippen LogP contribution < -0.4 is 0 Å². The Labute approximate surface area is 173 Å². The zero-order chi connectivity index (χ0) is 19.9. The van der Waals surface area contributed by atoms with E-state index in [2.05, 4.69) is 0 Å². The number of hydrogen-bond acceptors (Lipinski definition) is 1. The highest BCUT2D eigenvalue weighted by molar-refractivity contribution is 6.30. The van der Waals surface area contributed by atoms with Crippen LogP contribution in [0.3, 0.4) is 0 Å². The van der Waals surface area contributed by atoms with Gasteiger partial charge in [0.05, 0.1) is 5.02 Å². The van der Waals surface area contributed by atoms with Crippen molar-refractivity contribution in [2.45, 2.75) is 70.6 Å². The van der Waals surface area contributed by atoms with Gasteiger partial charge in [-0.25, -0.2) is 9.18 Å². The Morgan fingerprint density at radius 1 is 1.04 bits per heavy atom. The Bertz CT molecular complexity index is 671. The highest BCUT2D eigenvalue weighted by Gasteiger charge is 2.30. The van der Waals surface area contributed by atoms with Crippen molar-refractivity contribution in [2.75, 3.05) is 0 Å². The summed E-state index contributed by atoms with van der Waals surface area (Å²) in [6.45, 7) is 0. The molecule has 154 valence electrons. The van der Waals surface area contributed by atoms with Crippen molar-refractivity contribution in [1.29, 1.82) is 0 Å². The number of aliphatic carboxylic acids is 1. The molecule has 1 N–H and O–H groups in total. The van der Waals surface area contributed by atoms with Gasteiger partial charge in [-0.3, -0.25) is 0 Å². The lowest BCUT2D eigenvalue weighted by atomic mass is 9.68. The molecule has 3 rings (SSSR count). The number of benzene rings is 1. The van der Waals surface area contributed by atoms with E-state index in [0.717, 1.165) is 42.6 Å². The van der Waals surface area contributed by atoms with Crippen molar-refractivity contribution >= 4 is 17.6 Å². The van der Waals surface area contributed by atoms with Crippen LogP contribution in [0.5, 0.6) is 0 Å². The number of rotatable bonds is 7. The molecular formula is C24H32ClFO2. The van der Waals surface area contributed by atoms with E-state index in [-0.39, 0.29) is 10.8 Å². The first-order valence-corrected chi connectivity index (χ1v) is 11.2. The van der Waals surface area contributed by atoms with Gasteiger partial charge in [-0.2, -0.15) is 0 Å². The molecule has 1 aromatic carbocycles. The molecule has 28 heavy (non-hydrogen) atoms. The minimum Gasteiger partial charge on any atom is -0.478 e. The van der Waals surface area contributed by atoms with Gasteiger partial charge in [0.15, 0.2) is 0 Å². The summed E-state index contributed by atoms with van der Waals surface area (Å²) in [6.07, 6.45) is 16.5. The summed E-state index contributed by atoms with van der Waals surface area (Å²) in [5.41, 5.74) is 1.05. The van der Waals surface area contributed by atoms with Crippen molar-refractivity contribution in [3.8, 4) is 0 Å². The molecule has 0 unspecified atom stereocenters. The van der Waals surface area contributed by atoms with Crippen LogP contribution in [0.4, 0.5) is 4.39 Å². The number of carboxylic acids is 1. The molecule has 0 aromatic heterocycles. The van der Waals surface area contributed by atoms with E-state index in [9.17, 15) is 9.18 Å². The molecule has 2 fully saturated rings. The fourth-order valence-corrected chi connectivity index (χ4v) is 5.39. The Kier molecular flexibility index (Phi) is 7.96. The first-order chi connectivity index (χ1) is 13.5. The molecule has 0 saturated heterocycles. The van der Waals surface area contributed by atoms with Gasteiger partial charge in [-0.15, -0.1) is 0 Å². The van der Waals surface area contributed by atoms with Gasteiger partial charge in [0.2, 0.25) is 0 Å².